The number of aliphatic hydroxyl groups is 1. The average Bonchev–Trinajstić information content (AvgIpc) is 3.12. The van der Waals surface area contributed by atoms with Crippen molar-refractivity contribution < 1.29 is 22.7 Å². The summed E-state index contributed by atoms with van der Waals surface area (Å²) < 4.78 is 55.6. The van der Waals surface area contributed by atoms with E-state index in [2.05, 4.69) is 20.6 Å². The molecule has 3 aromatic heterocycles. The number of rotatable bonds is 4. The van der Waals surface area contributed by atoms with E-state index >= 15 is 0 Å². The molecule has 0 saturated carbocycles. The van der Waals surface area contributed by atoms with Crippen molar-refractivity contribution in [3.63, 3.8) is 0 Å². The molecule has 1 aliphatic rings. The zero-order valence-electron chi connectivity index (χ0n) is 16.2. The number of hydrogen-bond acceptors (Lipinski definition) is 5. The quantitative estimate of drug-likeness (QED) is 0.561. The summed E-state index contributed by atoms with van der Waals surface area (Å²) >= 11 is 0. The average molecular weight is 423 g/mol. The lowest BCUT2D eigenvalue weighted by atomic mass is 9.97. The summed E-state index contributed by atoms with van der Waals surface area (Å²) in [7, 11) is 0. The van der Waals surface area contributed by atoms with Gasteiger partial charge in [-0.05, 0) is 44.5 Å². The van der Waals surface area contributed by atoms with Crippen molar-refractivity contribution in [1.82, 2.24) is 19.7 Å². The molecule has 0 amide bonds. The van der Waals surface area contributed by atoms with E-state index in [-0.39, 0.29) is 23.0 Å². The lowest BCUT2D eigenvalue weighted by Crippen LogP contribution is -2.39. The van der Waals surface area contributed by atoms with E-state index in [1.54, 1.807) is 0 Å². The highest BCUT2D eigenvalue weighted by molar-refractivity contribution is 5.63. The Labute approximate surface area is 170 Å². The number of nitrogens with zero attached hydrogens (tertiary/aromatic N) is 3. The zero-order chi connectivity index (χ0) is 21.5. The van der Waals surface area contributed by atoms with Gasteiger partial charge in [-0.15, -0.1) is 0 Å². The zero-order valence-corrected chi connectivity index (χ0v) is 16.2. The van der Waals surface area contributed by atoms with Crippen LogP contribution in [0.4, 0.5) is 23.4 Å². The predicted molar refractivity (Wildman–Crippen MR) is 104 cm³/mol. The van der Waals surface area contributed by atoms with Gasteiger partial charge in [-0.1, -0.05) is 6.07 Å². The van der Waals surface area contributed by atoms with E-state index in [0.29, 0.717) is 18.4 Å². The Morgan fingerprint density at radius 3 is 2.73 bits per heavy atom. The van der Waals surface area contributed by atoms with Crippen molar-refractivity contribution >= 4 is 11.5 Å². The fourth-order valence-electron chi connectivity index (χ4n) is 3.49. The third kappa shape index (κ3) is 3.72. The van der Waals surface area contributed by atoms with Crippen LogP contribution in [0.15, 0.2) is 36.7 Å². The monoisotopic (exact) mass is 423 g/mol. The lowest BCUT2D eigenvalue weighted by molar-refractivity contribution is -0.259. The summed E-state index contributed by atoms with van der Waals surface area (Å²) in [6, 6.07) is 5.43. The molecule has 1 aliphatic heterocycles. The van der Waals surface area contributed by atoms with Crippen LogP contribution in [-0.2, 0) is 5.60 Å². The lowest BCUT2D eigenvalue weighted by Gasteiger charge is -2.26. The summed E-state index contributed by atoms with van der Waals surface area (Å²) in [5.74, 6) is -0.161. The van der Waals surface area contributed by atoms with E-state index in [9.17, 15) is 22.7 Å². The van der Waals surface area contributed by atoms with E-state index in [4.69, 9.17) is 0 Å². The molecule has 4 heterocycles. The number of halogens is 4. The van der Waals surface area contributed by atoms with Crippen molar-refractivity contribution in [2.75, 3.05) is 18.4 Å². The molecule has 0 aliphatic carbocycles. The van der Waals surface area contributed by atoms with Crippen LogP contribution in [0.25, 0.3) is 17.0 Å². The Balaban J connectivity index is 1.74. The predicted octanol–water partition coefficient (Wildman–Crippen LogP) is 3.47. The number of piperidine rings is 1. The highest BCUT2D eigenvalue weighted by Crippen LogP contribution is 2.38. The molecule has 1 fully saturated rings. The standard InChI is InChI=1S/C20H21F4N5O/c1-19(30,20(22,23)24)12-4-7-17-26-10-15(29(17)11-12)18-14(21)5-6-16(28-18)27-13-3-2-8-25-9-13/h4-7,10-11,13,25,30H,2-3,8-9H2,1H3,(H,27,28)/t13-,19?/m1/s1. The topological polar surface area (TPSA) is 74.5 Å². The smallest absolute Gasteiger partial charge is 0.376 e. The second-order valence-electron chi connectivity index (χ2n) is 7.57. The van der Waals surface area contributed by atoms with Gasteiger partial charge < -0.3 is 15.7 Å². The molecule has 160 valence electrons. The Morgan fingerprint density at radius 1 is 1.23 bits per heavy atom. The summed E-state index contributed by atoms with van der Waals surface area (Å²) in [5, 5.41) is 16.5. The van der Waals surface area contributed by atoms with Gasteiger partial charge in [0.05, 0.1) is 11.9 Å². The van der Waals surface area contributed by atoms with E-state index in [1.807, 2.05) is 0 Å². The molecule has 1 saturated heterocycles. The molecule has 6 nitrogen and oxygen atoms in total. The van der Waals surface area contributed by atoms with Crippen LogP contribution in [0.3, 0.4) is 0 Å². The Bertz CT molecular complexity index is 1060. The summed E-state index contributed by atoms with van der Waals surface area (Å²) in [6.45, 7) is 2.39. The van der Waals surface area contributed by atoms with Crippen molar-refractivity contribution in [2.45, 2.75) is 37.6 Å². The molecule has 30 heavy (non-hydrogen) atoms. The largest absolute Gasteiger partial charge is 0.421 e. The maximum absolute atomic E-state index is 14.6. The number of anilines is 1. The summed E-state index contributed by atoms with van der Waals surface area (Å²) in [5.41, 5.74) is -2.99. The number of pyridine rings is 2. The van der Waals surface area contributed by atoms with Crippen LogP contribution in [0.1, 0.15) is 25.3 Å². The Morgan fingerprint density at radius 2 is 2.03 bits per heavy atom. The van der Waals surface area contributed by atoms with E-state index < -0.39 is 17.6 Å². The summed E-state index contributed by atoms with van der Waals surface area (Å²) in [4.78, 5) is 8.47. The second-order valence-corrected chi connectivity index (χ2v) is 7.57. The SMILES string of the molecule is CC(O)(c1ccc2ncc(-c3nc(N[C@@H]4CCCNC4)ccc3F)n2c1)C(F)(F)F. The van der Waals surface area contributed by atoms with Gasteiger partial charge in [-0.3, -0.25) is 4.40 Å². The molecular formula is C20H21F4N5O. The molecule has 10 heteroatoms. The van der Waals surface area contributed by atoms with Crippen molar-refractivity contribution in [3.8, 4) is 11.4 Å². The van der Waals surface area contributed by atoms with Gasteiger partial charge in [0.15, 0.2) is 11.4 Å². The van der Waals surface area contributed by atoms with Gasteiger partial charge in [0.2, 0.25) is 0 Å². The number of fused-ring (bicyclic) bond motifs is 1. The second kappa shape index (κ2) is 7.51. The maximum Gasteiger partial charge on any atom is 0.421 e. The fourth-order valence-corrected chi connectivity index (χ4v) is 3.49. The minimum Gasteiger partial charge on any atom is -0.376 e. The number of aromatic nitrogens is 3. The normalized spacial score (nSPS) is 19.6. The third-order valence-corrected chi connectivity index (χ3v) is 5.36. The van der Waals surface area contributed by atoms with E-state index in [0.717, 1.165) is 38.2 Å². The molecule has 2 atom stereocenters. The van der Waals surface area contributed by atoms with Gasteiger partial charge in [0.1, 0.15) is 17.2 Å². The first-order chi connectivity index (χ1) is 14.2. The first kappa shape index (κ1) is 20.5. The molecule has 4 rings (SSSR count). The van der Waals surface area contributed by atoms with Gasteiger partial charge in [-0.25, -0.2) is 14.4 Å². The molecule has 0 spiro atoms. The van der Waals surface area contributed by atoms with Gasteiger partial charge in [0.25, 0.3) is 0 Å². The van der Waals surface area contributed by atoms with Crippen molar-refractivity contribution in [3.05, 3.63) is 48.0 Å². The minimum atomic E-state index is -4.87. The molecular weight excluding hydrogens is 402 g/mol. The number of alkyl halides is 3. The number of nitrogens with one attached hydrogen (secondary N) is 2. The molecule has 1 unspecified atom stereocenters. The summed E-state index contributed by atoms with van der Waals surface area (Å²) in [6.07, 6.45) is -0.452. The van der Waals surface area contributed by atoms with Gasteiger partial charge in [-0.2, -0.15) is 13.2 Å². The van der Waals surface area contributed by atoms with Crippen LogP contribution < -0.4 is 10.6 Å². The molecule has 0 bridgehead atoms. The molecule has 0 radical (unpaired) electrons. The Hall–Kier alpha value is -2.72. The van der Waals surface area contributed by atoms with Crippen molar-refractivity contribution in [1.29, 1.82) is 0 Å². The Kier molecular flexibility index (Phi) is 5.15. The third-order valence-electron chi connectivity index (χ3n) is 5.36. The van der Waals surface area contributed by atoms with Gasteiger partial charge in [0, 0.05) is 24.3 Å². The van der Waals surface area contributed by atoms with Crippen LogP contribution in [0, 0.1) is 5.82 Å². The first-order valence-corrected chi connectivity index (χ1v) is 9.57. The highest BCUT2D eigenvalue weighted by Gasteiger charge is 2.51. The molecule has 0 aromatic carbocycles. The van der Waals surface area contributed by atoms with E-state index in [1.165, 1.54) is 28.8 Å². The number of hydrogen-bond donors (Lipinski definition) is 3. The van der Waals surface area contributed by atoms with Crippen LogP contribution in [0.5, 0.6) is 0 Å². The van der Waals surface area contributed by atoms with Crippen LogP contribution in [-0.4, -0.2) is 44.8 Å². The number of imidazole rings is 1. The molecule has 3 aromatic rings. The fraction of sp³-hybridized carbons (Fsp3) is 0.400. The minimum absolute atomic E-state index is 0.0416. The molecule has 3 N–H and O–H groups in total. The maximum atomic E-state index is 14.6. The highest BCUT2D eigenvalue weighted by atomic mass is 19.4. The van der Waals surface area contributed by atoms with Crippen LogP contribution in [0.2, 0.25) is 0 Å². The van der Waals surface area contributed by atoms with Gasteiger partial charge >= 0.3 is 6.18 Å². The first-order valence-electron chi connectivity index (χ1n) is 9.57. The van der Waals surface area contributed by atoms with Crippen LogP contribution >= 0.6 is 0 Å². The van der Waals surface area contributed by atoms with Crippen molar-refractivity contribution in [2.24, 2.45) is 0 Å².